The van der Waals surface area contributed by atoms with Crippen LogP contribution in [0.5, 0.6) is 0 Å². The van der Waals surface area contributed by atoms with Crippen molar-refractivity contribution in [2.24, 2.45) is 0 Å². The van der Waals surface area contributed by atoms with E-state index in [1.165, 1.54) is 17.0 Å². The summed E-state index contributed by atoms with van der Waals surface area (Å²) in [6.07, 6.45) is 0.156. The summed E-state index contributed by atoms with van der Waals surface area (Å²) in [6, 6.07) is 14.6. The molecule has 1 aliphatic heterocycles. The number of carbonyl (C=O) groups is 3. The van der Waals surface area contributed by atoms with Gasteiger partial charge in [0.1, 0.15) is 10.9 Å². The molecule has 176 valence electrons. The fraction of sp³-hybridized carbons (Fsp3) is 0.375. The predicted octanol–water partition coefficient (Wildman–Crippen LogP) is 2.55. The molecule has 1 atom stereocenters. The minimum absolute atomic E-state index is 0.00176. The van der Waals surface area contributed by atoms with E-state index in [1.807, 2.05) is 44.2 Å². The highest BCUT2D eigenvalue weighted by Crippen LogP contribution is 2.30. The topological polar surface area (TPSA) is 104 Å². The normalized spacial score (nSPS) is 15.3. The van der Waals surface area contributed by atoms with Gasteiger partial charge in [-0.15, -0.1) is 0 Å². The number of amides is 3. The zero-order chi connectivity index (χ0) is 24.2. The number of nitrogens with one attached hydrogen (secondary N) is 1. The van der Waals surface area contributed by atoms with Gasteiger partial charge in [0.25, 0.3) is 15.9 Å². The van der Waals surface area contributed by atoms with E-state index in [4.69, 9.17) is 0 Å². The summed E-state index contributed by atoms with van der Waals surface area (Å²) in [4.78, 5) is 39.7. The third kappa shape index (κ3) is 5.42. The van der Waals surface area contributed by atoms with Crippen molar-refractivity contribution in [3.05, 3.63) is 65.7 Å². The van der Waals surface area contributed by atoms with Crippen molar-refractivity contribution < 1.29 is 22.8 Å². The predicted molar refractivity (Wildman–Crippen MR) is 124 cm³/mol. The first-order chi connectivity index (χ1) is 15.6. The second kappa shape index (κ2) is 10.2. The maximum atomic E-state index is 13.1. The quantitative estimate of drug-likeness (QED) is 0.605. The maximum Gasteiger partial charge on any atom is 0.269 e. The average molecular weight is 472 g/mol. The highest BCUT2D eigenvalue weighted by atomic mass is 32.2. The number of benzene rings is 2. The van der Waals surface area contributed by atoms with E-state index in [-0.39, 0.29) is 54.2 Å². The molecule has 0 fully saturated rings. The molecule has 0 aromatic heterocycles. The Kier molecular flexibility index (Phi) is 7.53. The van der Waals surface area contributed by atoms with Crippen LogP contribution in [0.1, 0.15) is 49.5 Å². The van der Waals surface area contributed by atoms with Gasteiger partial charge in [0.15, 0.2) is 0 Å². The van der Waals surface area contributed by atoms with Crippen LogP contribution in [0.2, 0.25) is 0 Å². The minimum atomic E-state index is -3.91. The Morgan fingerprint density at radius 2 is 1.64 bits per heavy atom. The number of nitrogens with zero attached hydrogens (tertiary/aromatic N) is 2. The molecule has 1 N–H and O–H groups in total. The monoisotopic (exact) mass is 471 g/mol. The first kappa shape index (κ1) is 24.4. The molecule has 0 aliphatic carbocycles. The molecule has 1 heterocycles. The Morgan fingerprint density at radius 3 is 2.27 bits per heavy atom. The molecule has 2 aromatic rings. The SMILES string of the molecule is CC(C)NC(=O)[C@H](C)N(Cc1ccccc1)C(=O)CCCN1C(=O)c2ccccc2S1(=O)=O. The molecule has 3 amide bonds. The van der Waals surface area contributed by atoms with Crippen LogP contribution in [0.3, 0.4) is 0 Å². The van der Waals surface area contributed by atoms with Crippen molar-refractivity contribution in [2.45, 2.75) is 57.1 Å². The number of hydrogen-bond acceptors (Lipinski definition) is 5. The first-order valence-electron chi connectivity index (χ1n) is 10.9. The number of fused-ring (bicyclic) bond motifs is 1. The zero-order valence-electron chi connectivity index (χ0n) is 19.0. The highest BCUT2D eigenvalue weighted by molar-refractivity contribution is 7.90. The van der Waals surface area contributed by atoms with Crippen LogP contribution >= 0.6 is 0 Å². The van der Waals surface area contributed by atoms with Gasteiger partial charge >= 0.3 is 0 Å². The lowest BCUT2D eigenvalue weighted by molar-refractivity contribution is -0.140. The van der Waals surface area contributed by atoms with Crippen LogP contribution in [0, 0.1) is 0 Å². The molecule has 1 aliphatic rings. The van der Waals surface area contributed by atoms with Crippen LogP contribution < -0.4 is 5.32 Å². The van der Waals surface area contributed by atoms with E-state index in [9.17, 15) is 22.8 Å². The van der Waals surface area contributed by atoms with E-state index in [2.05, 4.69) is 5.32 Å². The second-order valence-corrected chi connectivity index (χ2v) is 10.2. The van der Waals surface area contributed by atoms with Gasteiger partial charge in [-0.05, 0) is 44.9 Å². The summed E-state index contributed by atoms with van der Waals surface area (Å²) in [7, 11) is -3.91. The summed E-state index contributed by atoms with van der Waals surface area (Å²) < 4.78 is 26.2. The van der Waals surface area contributed by atoms with Gasteiger partial charge < -0.3 is 10.2 Å². The van der Waals surface area contributed by atoms with Crippen molar-refractivity contribution in [3.8, 4) is 0 Å². The smallest absolute Gasteiger partial charge is 0.269 e. The van der Waals surface area contributed by atoms with Gasteiger partial charge in [-0.2, -0.15) is 0 Å². The lowest BCUT2D eigenvalue weighted by atomic mass is 10.1. The Bertz CT molecular complexity index is 1130. The maximum absolute atomic E-state index is 13.1. The minimum Gasteiger partial charge on any atom is -0.352 e. The van der Waals surface area contributed by atoms with Crippen molar-refractivity contribution in [1.82, 2.24) is 14.5 Å². The molecule has 0 saturated heterocycles. The second-order valence-electron chi connectivity index (χ2n) is 8.33. The highest BCUT2D eigenvalue weighted by Gasteiger charge is 2.40. The fourth-order valence-electron chi connectivity index (χ4n) is 3.74. The molecule has 8 nitrogen and oxygen atoms in total. The van der Waals surface area contributed by atoms with Gasteiger partial charge in [-0.3, -0.25) is 14.4 Å². The first-order valence-corrected chi connectivity index (χ1v) is 12.4. The number of rotatable bonds is 9. The summed E-state index contributed by atoms with van der Waals surface area (Å²) in [5.74, 6) is -1.13. The summed E-state index contributed by atoms with van der Waals surface area (Å²) in [5, 5.41) is 2.83. The third-order valence-electron chi connectivity index (χ3n) is 5.46. The van der Waals surface area contributed by atoms with Gasteiger partial charge in [0, 0.05) is 25.6 Å². The van der Waals surface area contributed by atoms with E-state index in [0.29, 0.717) is 0 Å². The number of hydrogen-bond donors (Lipinski definition) is 1. The Hall–Kier alpha value is -3.20. The largest absolute Gasteiger partial charge is 0.352 e. The third-order valence-corrected chi connectivity index (χ3v) is 7.30. The van der Waals surface area contributed by atoms with E-state index < -0.39 is 22.0 Å². The molecule has 2 aromatic carbocycles. The zero-order valence-corrected chi connectivity index (χ0v) is 19.8. The lowest BCUT2D eigenvalue weighted by Crippen LogP contribution is -2.49. The molecule has 0 unspecified atom stereocenters. The molecular weight excluding hydrogens is 442 g/mol. The van der Waals surface area contributed by atoms with Gasteiger partial charge in [-0.25, -0.2) is 12.7 Å². The van der Waals surface area contributed by atoms with Crippen LogP contribution in [0.15, 0.2) is 59.5 Å². The van der Waals surface area contributed by atoms with Crippen molar-refractivity contribution in [1.29, 1.82) is 0 Å². The van der Waals surface area contributed by atoms with Crippen LogP contribution in [-0.4, -0.2) is 54.0 Å². The molecular formula is C24H29N3O5S. The van der Waals surface area contributed by atoms with Crippen LogP contribution in [0.25, 0.3) is 0 Å². The standard InChI is InChI=1S/C24H29N3O5S/c1-17(2)25-23(29)18(3)26(16-19-10-5-4-6-11-19)22(28)14-9-15-27-24(30)20-12-7-8-13-21(20)33(27,31)32/h4-8,10-13,17-18H,9,14-16H2,1-3H3,(H,25,29)/t18-/m0/s1. The molecule has 3 rings (SSSR count). The number of carbonyl (C=O) groups excluding carboxylic acids is 3. The summed E-state index contributed by atoms with van der Waals surface area (Å²) >= 11 is 0. The number of sulfonamides is 1. The molecule has 0 spiro atoms. The lowest BCUT2D eigenvalue weighted by Gasteiger charge is -2.29. The van der Waals surface area contributed by atoms with Crippen molar-refractivity contribution >= 4 is 27.7 Å². The van der Waals surface area contributed by atoms with Gasteiger partial charge in [0.05, 0.1) is 5.56 Å². The molecule has 0 radical (unpaired) electrons. The Morgan fingerprint density at radius 1 is 1.00 bits per heavy atom. The van der Waals surface area contributed by atoms with Crippen molar-refractivity contribution in [3.63, 3.8) is 0 Å². The van der Waals surface area contributed by atoms with Crippen LogP contribution in [-0.2, 0) is 26.2 Å². The summed E-state index contributed by atoms with van der Waals surface area (Å²) in [6.45, 7) is 5.51. The van der Waals surface area contributed by atoms with Crippen LogP contribution in [0.4, 0.5) is 0 Å². The molecule has 0 saturated carbocycles. The van der Waals surface area contributed by atoms with E-state index in [0.717, 1.165) is 9.87 Å². The van der Waals surface area contributed by atoms with E-state index in [1.54, 1.807) is 19.1 Å². The molecule has 9 heteroatoms. The van der Waals surface area contributed by atoms with Gasteiger partial charge in [0.2, 0.25) is 11.8 Å². The van der Waals surface area contributed by atoms with Crippen molar-refractivity contribution in [2.75, 3.05) is 6.54 Å². The van der Waals surface area contributed by atoms with E-state index >= 15 is 0 Å². The van der Waals surface area contributed by atoms with Gasteiger partial charge in [-0.1, -0.05) is 42.5 Å². The molecule has 33 heavy (non-hydrogen) atoms. The Labute approximate surface area is 194 Å². The Balaban J connectivity index is 1.69. The average Bonchev–Trinajstić information content (AvgIpc) is 2.98. The summed E-state index contributed by atoms with van der Waals surface area (Å²) in [5.41, 5.74) is 1.02. The fourth-order valence-corrected chi connectivity index (χ4v) is 5.34. The molecule has 0 bridgehead atoms.